The topological polar surface area (TPSA) is 55.4 Å². The van der Waals surface area contributed by atoms with Gasteiger partial charge in [-0.05, 0) is 48.9 Å². The minimum Gasteiger partial charge on any atom is -0.449 e. The first-order valence-electron chi connectivity index (χ1n) is 8.13. The lowest BCUT2D eigenvalue weighted by Crippen LogP contribution is -2.30. The largest absolute Gasteiger partial charge is 0.449 e. The Balaban J connectivity index is 1.56. The first-order chi connectivity index (χ1) is 12.5. The summed E-state index contributed by atoms with van der Waals surface area (Å²) in [5, 5.41) is 3.28. The maximum absolute atomic E-state index is 12.3. The van der Waals surface area contributed by atoms with Gasteiger partial charge in [0.15, 0.2) is 6.10 Å². The fourth-order valence-corrected chi connectivity index (χ4v) is 5.37. The number of rotatable bonds is 5. The molecule has 136 valence electrons. The summed E-state index contributed by atoms with van der Waals surface area (Å²) in [6.45, 7) is 1.54. The van der Waals surface area contributed by atoms with Crippen molar-refractivity contribution < 1.29 is 14.3 Å². The number of nitrogens with one attached hydrogen (secondary N) is 1. The predicted octanol–water partition coefficient (Wildman–Crippen LogP) is 5.00. The summed E-state index contributed by atoms with van der Waals surface area (Å²) in [5.74, 6) is 1.40. The van der Waals surface area contributed by atoms with Gasteiger partial charge in [-0.25, -0.2) is 4.79 Å². The molecule has 1 aliphatic heterocycles. The standard InChI is InChI=1S/C19H18ClNO3S2/c1-12(17(22)21-16-8-6-15(20)7-9-16)24-18(23)13-2-4-14(5-3-13)19-25-10-11-26-19/h2-9,12,19H,10-11H2,1H3,(H,21,22)/t12-/m1/s1. The van der Waals surface area contributed by atoms with Crippen LogP contribution in [0.1, 0.15) is 27.4 Å². The molecule has 0 aliphatic carbocycles. The van der Waals surface area contributed by atoms with Crippen LogP contribution in [-0.2, 0) is 9.53 Å². The Morgan fingerprint density at radius 3 is 2.31 bits per heavy atom. The molecular formula is C19H18ClNO3S2. The van der Waals surface area contributed by atoms with Gasteiger partial charge >= 0.3 is 5.97 Å². The van der Waals surface area contributed by atoms with E-state index in [-0.39, 0.29) is 0 Å². The first kappa shape index (κ1) is 19.1. The molecule has 7 heteroatoms. The molecule has 4 nitrogen and oxygen atoms in total. The van der Waals surface area contributed by atoms with Gasteiger partial charge in [0.2, 0.25) is 0 Å². The van der Waals surface area contributed by atoms with E-state index in [2.05, 4.69) is 5.32 Å². The van der Waals surface area contributed by atoms with E-state index in [1.54, 1.807) is 43.3 Å². The molecule has 1 heterocycles. The monoisotopic (exact) mass is 407 g/mol. The number of hydrogen-bond donors (Lipinski definition) is 1. The molecule has 0 aromatic heterocycles. The highest BCUT2D eigenvalue weighted by Crippen LogP contribution is 2.45. The number of ether oxygens (including phenoxy) is 1. The molecule has 1 saturated heterocycles. The van der Waals surface area contributed by atoms with Crippen LogP contribution in [0, 0.1) is 0 Å². The summed E-state index contributed by atoms with van der Waals surface area (Å²) in [6.07, 6.45) is -0.904. The molecule has 1 N–H and O–H groups in total. The second-order valence-electron chi connectivity index (χ2n) is 5.74. The Kier molecular flexibility index (Phi) is 6.51. The van der Waals surface area contributed by atoms with Crippen LogP contribution in [-0.4, -0.2) is 29.5 Å². The lowest BCUT2D eigenvalue weighted by molar-refractivity contribution is -0.123. The molecule has 0 unspecified atom stereocenters. The fourth-order valence-electron chi connectivity index (χ4n) is 2.39. The average molecular weight is 408 g/mol. The van der Waals surface area contributed by atoms with Gasteiger partial charge in [-0.3, -0.25) is 4.79 Å². The lowest BCUT2D eigenvalue weighted by atomic mass is 10.1. The Labute approximate surface area is 166 Å². The normalized spacial score (nSPS) is 15.5. The van der Waals surface area contributed by atoms with E-state index < -0.39 is 18.0 Å². The highest BCUT2D eigenvalue weighted by molar-refractivity contribution is 8.19. The lowest BCUT2D eigenvalue weighted by Gasteiger charge is -2.14. The third-order valence-electron chi connectivity index (χ3n) is 3.81. The van der Waals surface area contributed by atoms with E-state index >= 15 is 0 Å². The summed E-state index contributed by atoms with van der Waals surface area (Å²) in [7, 11) is 0. The number of carbonyl (C=O) groups is 2. The van der Waals surface area contributed by atoms with Gasteiger partial charge in [-0.15, -0.1) is 23.5 Å². The van der Waals surface area contributed by atoms with E-state index in [9.17, 15) is 9.59 Å². The van der Waals surface area contributed by atoms with Crippen LogP contribution in [0.4, 0.5) is 5.69 Å². The predicted molar refractivity (Wildman–Crippen MR) is 109 cm³/mol. The van der Waals surface area contributed by atoms with Crippen molar-refractivity contribution in [2.75, 3.05) is 16.8 Å². The Morgan fingerprint density at radius 1 is 1.08 bits per heavy atom. The maximum Gasteiger partial charge on any atom is 0.338 e. The molecule has 1 amide bonds. The van der Waals surface area contributed by atoms with Crippen LogP contribution in [0.5, 0.6) is 0 Å². The molecule has 3 rings (SSSR count). The van der Waals surface area contributed by atoms with Crippen molar-refractivity contribution in [1.29, 1.82) is 0 Å². The molecule has 0 radical (unpaired) electrons. The van der Waals surface area contributed by atoms with Crippen molar-refractivity contribution in [2.24, 2.45) is 0 Å². The van der Waals surface area contributed by atoms with E-state index in [1.807, 2.05) is 35.7 Å². The maximum atomic E-state index is 12.3. The first-order valence-corrected chi connectivity index (χ1v) is 10.6. The Hall–Kier alpha value is -1.63. The molecule has 26 heavy (non-hydrogen) atoms. The summed E-state index contributed by atoms with van der Waals surface area (Å²) < 4.78 is 5.71. The molecule has 2 aromatic carbocycles. The van der Waals surface area contributed by atoms with Crippen molar-refractivity contribution in [3.63, 3.8) is 0 Å². The second kappa shape index (κ2) is 8.84. The number of halogens is 1. The zero-order valence-corrected chi connectivity index (χ0v) is 16.5. The molecule has 1 aliphatic rings. The number of carbonyl (C=O) groups excluding carboxylic acids is 2. The summed E-state index contributed by atoms with van der Waals surface area (Å²) in [5.41, 5.74) is 2.23. The van der Waals surface area contributed by atoms with E-state index in [4.69, 9.17) is 16.3 Å². The van der Waals surface area contributed by atoms with Crippen LogP contribution >= 0.6 is 35.1 Å². The average Bonchev–Trinajstić information content (AvgIpc) is 3.18. The van der Waals surface area contributed by atoms with Crippen LogP contribution in [0.3, 0.4) is 0 Å². The Bertz CT molecular complexity index is 774. The number of esters is 1. The zero-order chi connectivity index (χ0) is 18.5. The minimum absolute atomic E-state index is 0.393. The fraction of sp³-hybridized carbons (Fsp3) is 0.263. The van der Waals surface area contributed by atoms with Gasteiger partial charge in [0.05, 0.1) is 10.1 Å². The van der Waals surface area contributed by atoms with Crippen molar-refractivity contribution in [3.05, 3.63) is 64.7 Å². The summed E-state index contributed by atoms with van der Waals surface area (Å²) in [4.78, 5) is 24.4. The second-order valence-corrected chi connectivity index (χ2v) is 8.90. The summed E-state index contributed by atoms with van der Waals surface area (Å²) >= 11 is 9.64. The van der Waals surface area contributed by atoms with Gasteiger partial charge in [0.25, 0.3) is 5.91 Å². The highest BCUT2D eigenvalue weighted by Gasteiger charge is 2.21. The van der Waals surface area contributed by atoms with Crippen molar-refractivity contribution in [3.8, 4) is 0 Å². The van der Waals surface area contributed by atoms with Gasteiger partial charge in [0, 0.05) is 22.2 Å². The highest BCUT2D eigenvalue weighted by atomic mass is 35.5. The van der Waals surface area contributed by atoms with E-state index in [0.29, 0.717) is 20.9 Å². The summed E-state index contributed by atoms with van der Waals surface area (Å²) in [6, 6.07) is 14.1. The quantitative estimate of drug-likeness (QED) is 0.706. The molecule has 0 saturated carbocycles. The van der Waals surface area contributed by atoms with Crippen LogP contribution in [0.2, 0.25) is 5.02 Å². The molecule has 1 fully saturated rings. The van der Waals surface area contributed by atoms with Gasteiger partial charge < -0.3 is 10.1 Å². The molecule has 0 bridgehead atoms. The smallest absolute Gasteiger partial charge is 0.338 e. The third-order valence-corrected chi connectivity index (χ3v) is 7.16. The van der Waals surface area contributed by atoms with Crippen molar-refractivity contribution >= 4 is 52.7 Å². The van der Waals surface area contributed by atoms with E-state index in [1.165, 1.54) is 5.56 Å². The third kappa shape index (κ3) is 4.96. The van der Waals surface area contributed by atoms with Crippen LogP contribution in [0.15, 0.2) is 48.5 Å². The number of anilines is 1. The van der Waals surface area contributed by atoms with Gasteiger partial charge in [0.1, 0.15) is 0 Å². The Morgan fingerprint density at radius 2 is 1.69 bits per heavy atom. The van der Waals surface area contributed by atoms with Crippen molar-refractivity contribution in [1.82, 2.24) is 0 Å². The molecule has 0 spiro atoms. The zero-order valence-electron chi connectivity index (χ0n) is 14.1. The molecule has 2 aromatic rings. The molecule has 1 atom stereocenters. The number of benzene rings is 2. The molecular weight excluding hydrogens is 390 g/mol. The minimum atomic E-state index is -0.904. The number of thioether (sulfide) groups is 2. The number of hydrogen-bond acceptors (Lipinski definition) is 5. The van der Waals surface area contributed by atoms with Crippen molar-refractivity contribution in [2.45, 2.75) is 17.6 Å². The number of amides is 1. The van der Waals surface area contributed by atoms with E-state index in [0.717, 1.165) is 11.5 Å². The van der Waals surface area contributed by atoms with Crippen LogP contribution in [0.25, 0.3) is 0 Å². The SMILES string of the molecule is C[C@@H](OC(=O)c1ccc(C2SCCS2)cc1)C(=O)Nc1ccc(Cl)cc1. The van der Waals surface area contributed by atoms with Gasteiger partial charge in [-0.1, -0.05) is 23.7 Å². The van der Waals surface area contributed by atoms with Crippen LogP contribution < -0.4 is 5.32 Å². The van der Waals surface area contributed by atoms with Gasteiger partial charge in [-0.2, -0.15) is 0 Å².